The number of carbonyl (C=O) groups excluding carboxylic acids is 1. The van der Waals surface area contributed by atoms with Crippen LogP contribution in [0.15, 0.2) is 59.7 Å². The molecule has 1 N–H and O–H groups in total. The van der Waals surface area contributed by atoms with E-state index >= 15 is 0 Å². The van der Waals surface area contributed by atoms with Gasteiger partial charge in [-0.25, -0.2) is 5.43 Å². The Morgan fingerprint density at radius 2 is 1.78 bits per heavy atom. The molecule has 0 bridgehead atoms. The van der Waals surface area contributed by atoms with Crippen LogP contribution >= 0.6 is 0 Å². The maximum absolute atomic E-state index is 11.7. The summed E-state index contributed by atoms with van der Waals surface area (Å²) >= 11 is 0. The molecule has 2 rings (SSSR count). The zero-order chi connectivity index (χ0) is 16.5. The van der Waals surface area contributed by atoms with Crippen LogP contribution in [0.4, 0.5) is 0 Å². The average Bonchev–Trinajstić information content (AvgIpc) is 2.60. The molecule has 0 saturated heterocycles. The zero-order valence-corrected chi connectivity index (χ0v) is 13.2. The zero-order valence-electron chi connectivity index (χ0n) is 13.2. The summed E-state index contributed by atoms with van der Waals surface area (Å²) in [4.78, 5) is 11.7. The Kier molecular flexibility index (Phi) is 6.17. The van der Waals surface area contributed by atoms with E-state index < -0.39 is 0 Å². The van der Waals surface area contributed by atoms with Crippen molar-refractivity contribution in [1.29, 1.82) is 0 Å². The van der Waals surface area contributed by atoms with Gasteiger partial charge in [0.15, 0.2) is 18.1 Å². The molecule has 1 amide bonds. The SMILES string of the molecule is COc1ccccc1OCC(=O)N/N=C\[C@H](C)c1ccccc1. The fourth-order valence-corrected chi connectivity index (χ4v) is 1.98. The van der Waals surface area contributed by atoms with Gasteiger partial charge in [0.05, 0.1) is 7.11 Å². The molecular weight excluding hydrogens is 292 g/mol. The number of nitrogens with zero attached hydrogens (tertiary/aromatic N) is 1. The average molecular weight is 312 g/mol. The van der Waals surface area contributed by atoms with Crippen molar-refractivity contribution >= 4 is 12.1 Å². The van der Waals surface area contributed by atoms with E-state index in [9.17, 15) is 4.79 Å². The molecule has 0 saturated carbocycles. The lowest BCUT2D eigenvalue weighted by atomic mass is 10.0. The Labute approximate surface area is 135 Å². The topological polar surface area (TPSA) is 59.9 Å². The largest absolute Gasteiger partial charge is 0.493 e. The molecule has 2 aromatic carbocycles. The number of amides is 1. The highest BCUT2D eigenvalue weighted by Gasteiger charge is 2.06. The minimum Gasteiger partial charge on any atom is -0.493 e. The van der Waals surface area contributed by atoms with Gasteiger partial charge in [-0.05, 0) is 17.7 Å². The fourth-order valence-electron chi connectivity index (χ4n) is 1.98. The predicted molar refractivity (Wildman–Crippen MR) is 90.0 cm³/mol. The van der Waals surface area contributed by atoms with E-state index in [-0.39, 0.29) is 18.4 Å². The Morgan fingerprint density at radius 1 is 1.13 bits per heavy atom. The van der Waals surface area contributed by atoms with E-state index in [0.717, 1.165) is 5.56 Å². The number of hydrazone groups is 1. The van der Waals surface area contributed by atoms with Crippen molar-refractivity contribution in [1.82, 2.24) is 5.43 Å². The van der Waals surface area contributed by atoms with Gasteiger partial charge in [-0.2, -0.15) is 5.10 Å². The normalized spacial score (nSPS) is 11.9. The highest BCUT2D eigenvalue weighted by Crippen LogP contribution is 2.25. The number of nitrogens with one attached hydrogen (secondary N) is 1. The van der Waals surface area contributed by atoms with Gasteiger partial charge in [-0.3, -0.25) is 4.79 Å². The second-order valence-corrected chi connectivity index (χ2v) is 4.95. The van der Waals surface area contributed by atoms with Crippen molar-refractivity contribution in [2.24, 2.45) is 5.10 Å². The van der Waals surface area contributed by atoms with Gasteiger partial charge in [0.2, 0.25) is 0 Å². The monoisotopic (exact) mass is 312 g/mol. The third kappa shape index (κ3) is 5.14. The maximum Gasteiger partial charge on any atom is 0.277 e. The van der Waals surface area contributed by atoms with Crippen molar-refractivity contribution in [3.63, 3.8) is 0 Å². The molecule has 120 valence electrons. The molecule has 5 heteroatoms. The molecule has 0 radical (unpaired) electrons. The number of rotatable bonds is 7. The summed E-state index contributed by atoms with van der Waals surface area (Å²) in [6, 6.07) is 17.1. The van der Waals surface area contributed by atoms with Crippen LogP contribution in [0.1, 0.15) is 18.4 Å². The minimum absolute atomic E-state index is 0.117. The van der Waals surface area contributed by atoms with Crippen LogP contribution in [0.25, 0.3) is 0 Å². The Bertz CT molecular complexity index is 656. The van der Waals surface area contributed by atoms with Gasteiger partial charge >= 0.3 is 0 Å². The van der Waals surface area contributed by atoms with Gasteiger partial charge in [0.25, 0.3) is 5.91 Å². The molecule has 1 atom stereocenters. The molecule has 0 fully saturated rings. The first kappa shape index (κ1) is 16.5. The summed E-state index contributed by atoms with van der Waals surface area (Å²) in [5.41, 5.74) is 3.59. The van der Waals surface area contributed by atoms with Crippen molar-refractivity contribution in [2.45, 2.75) is 12.8 Å². The third-order valence-corrected chi connectivity index (χ3v) is 3.24. The van der Waals surface area contributed by atoms with Gasteiger partial charge in [0, 0.05) is 12.1 Å². The molecule has 23 heavy (non-hydrogen) atoms. The summed E-state index contributed by atoms with van der Waals surface area (Å²) in [6.45, 7) is 1.88. The van der Waals surface area contributed by atoms with Crippen molar-refractivity contribution in [2.75, 3.05) is 13.7 Å². The van der Waals surface area contributed by atoms with E-state index in [1.807, 2.05) is 49.4 Å². The van der Waals surface area contributed by atoms with Crippen LogP contribution in [0, 0.1) is 0 Å². The summed E-state index contributed by atoms with van der Waals surface area (Å²) in [5.74, 6) is 0.896. The third-order valence-electron chi connectivity index (χ3n) is 3.24. The van der Waals surface area contributed by atoms with E-state index in [0.29, 0.717) is 11.5 Å². The Hall–Kier alpha value is -2.82. The first-order valence-electron chi connectivity index (χ1n) is 7.33. The molecule has 0 unspecified atom stereocenters. The molecule has 0 heterocycles. The van der Waals surface area contributed by atoms with E-state index in [2.05, 4.69) is 10.5 Å². The lowest BCUT2D eigenvalue weighted by molar-refractivity contribution is -0.123. The number of hydrogen-bond acceptors (Lipinski definition) is 4. The van der Waals surface area contributed by atoms with Gasteiger partial charge in [-0.15, -0.1) is 0 Å². The summed E-state index contributed by atoms with van der Waals surface area (Å²) in [5, 5.41) is 3.97. The van der Waals surface area contributed by atoms with E-state index in [1.54, 1.807) is 25.5 Å². The van der Waals surface area contributed by atoms with Crippen LogP contribution in [-0.4, -0.2) is 25.8 Å². The maximum atomic E-state index is 11.7. The van der Waals surface area contributed by atoms with Crippen molar-refractivity contribution in [3.05, 3.63) is 60.2 Å². The number of ether oxygens (including phenoxy) is 2. The number of benzene rings is 2. The van der Waals surface area contributed by atoms with Crippen LogP contribution in [0.3, 0.4) is 0 Å². The second-order valence-electron chi connectivity index (χ2n) is 4.95. The number of hydrogen-bond donors (Lipinski definition) is 1. The highest BCUT2D eigenvalue weighted by atomic mass is 16.5. The molecule has 0 aliphatic carbocycles. The van der Waals surface area contributed by atoms with Crippen molar-refractivity contribution < 1.29 is 14.3 Å². The molecule has 0 aliphatic heterocycles. The van der Waals surface area contributed by atoms with Crippen LogP contribution in [0.2, 0.25) is 0 Å². The lowest BCUT2D eigenvalue weighted by Gasteiger charge is -2.09. The van der Waals surface area contributed by atoms with Gasteiger partial charge in [-0.1, -0.05) is 49.4 Å². The summed E-state index contributed by atoms with van der Waals surface area (Å²) in [7, 11) is 1.55. The molecule has 5 nitrogen and oxygen atoms in total. The van der Waals surface area contributed by atoms with Gasteiger partial charge < -0.3 is 9.47 Å². The predicted octanol–water partition coefficient (Wildman–Crippen LogP) is 2.98. The van der Waals surface area contributed by atoms with E-state index in [4.69, 9.17) is 9.47 Å². The van der Waals surface area contributed by atoms with Crippen LogP contribution < -0.4 is 14.9 Å². The first-order chi connectivity index (χ1) is 11.2. The second kappa shape index (κ2) is 8.58. The smallest absolute Gasteiger partial charge is 0.277 e. The Morgan fingerprint density at radius 3 is 2.48 bits per heavy atom. The summed E-state index contributed by atoms with van der Waals surface area (Å²) < 4.78 is 10.6. The number of methoxy groups -OCH3 is 1. The fraction of sp³-hybridized carbons (Fsp3) is 0.222. The van der Waals surface area contributed by atoms with Crippen molar-refractivity contribution in [3.8, 4) is 11.5 Å². The van der Waals surface area contributed by atoms with E-state index in [1.165, 1.54) is 0 Å². The molecule has 0 aromatic heterocycles. The number of para-hydroxylation sites is 2. The van der Waals surface area contributed by atoms with Gasteiger partial charge in [0.1, 0.15) is 0 Å². The molecule has 0 aliphatic rings. The highest BCUT2D eigenvalue weighted by molar-refractivity contribution is 5.79. The first-order valence-corrected chi connectivity index (χ1v) is 7.33. The quantitative estimate of drug-likeness (QED) is 0.631. The number of carbonyl (C=O) groups is 1. The Balaban J connectivity index is 1.80. The molecule has 2 aromatic rings. The lowest BCUT2D eigenvalue weighted by Crippen LogP contribution is -2.25. The van der Waals surface area contributed by atoms with Crippen LogP contribution in [-0.2, 0) is 4.79 Å². The van der Waals surface area contributed by atoms with Crippen LogP contribution in [0.5, 0.6) is 11.5 Å². The molecular formula is C18H20N2O3. The standard InChI is InChI=1S/C18H20N2O3/c1-14(15-8-4-3-5-9-15)12-19-20-18(21)13-23-17-11-7-6-10-16(17)22-2/h3-12,14H,13H2,1-2H3,(H,20,21)/b19-12-/t14-/m0/s1. The summed E-state index contributed by atoms with van der Waals surface area (Å²) in [6.07, 6.45) is 1.69. The minimum atomic E-state index is -0.326. The molecule has 0 spiro atoms.